The van der Waals surface area contributed by atoms with E-state index in [0.717, 1.165) is 5.69 Å². The zero-order valence-electron chi connectivity index (χ0n) is 10.9. The molecular formula is C12H14N4O3. The number of carbonyl (C=O) groups is 1. The molecule has 0 atom stereocenters. The lowest BCUT2D eigenvalue weighted by Crippen LogP contribution is -2.08. The van der Waals surface area contributed by atoms with Gasteiger partial charge in [-0.1, -0.05) is 11.3 Å². The monoisotopic (exact) mass is 262 g/mol. The SMILES string of the molecule is CN(C)c1cccc(Oc2c(C(=O)O)nnn2C)c1. The van der Waals surface area contributed by atoms with Crippen LogP contribution in [0.1, 0.15) is 10.5 Å². The molecule has 7 nitrogen and oxygen atoms in total. The predicted octanol–water partition coefficient (Wildman–Crippen LogP) is 1.37. The lowest BCUT2D eigenvalue weighted by atomic mass is 10.3. The van der Waals surface area contributed by atoms with Gasteiger partial charge in [0.1, 0.15) is 5.75 Å². The van der Waals surface area contributed by atoms with Gasteiger partial charge in [0.25, 0.3) is 5.88 Å². The number of aromatic carboxylic acids is 1. The molecule has 0 radical (unpaired) electrons. The van der Waals surface area contributed by atoms with Gasteiger partial charge in [-0.05, 0) is 12.1 Å². The Bertz CT molecular complexity index is 607. The highest BCUT2D eigenvalue weighted by Crippen LogP contribution is 2.26. The number of anilines is 1. The van der Waals surface area contributed by atoms with E-state index in [9.17, 15) is 4.79 Å². The van der Waals surface area contributed by atoms with Crippen LogP contribution >= 0.6 is 0 Å². The summed E-state index contributed by atoms with van der Waals surface area (Å²) in [5.41, 5.74) is 0.738. The van der Waals surface area contributed by atoms with Crippen LogP contribution in [0.3, 0.4) is 0 Å². The predicted molar refractivity (Wildman–Crippen MR) is 68.8 cm³/mol. The van der Waals surface area contributed by atoms with Crippen molar-refractivity contribution < 1.29 is 14.6 Å². The van der Waals surface area contributed by atoms with E-state index >= 15 is 0 Å². The second-order valence-electron chi connectivity index (χ2n) is 4.17. The van der Waals surface area contributed by atoms with E-state index in [1.807, 2.05) is 31.1 Å². The Kier molecular flexibility index (Phi) is 3.37. The van der Waals surface area contributed by atoms with Gasteiger partial charge in [0.2, 0.25) is 5.69 Å². The highest BCUT2D eigenvalue weighted by atomic mass is 16.5. The minimum Gasteiger partial charge on any atom is -0.476 e. The maximum absolute atomic E-state index is 11.0. The maximum atomic E-state index is 11.0. The fourth-order valence-corrected chi connectivity index (χ4v) is 1.53. The van der Waals surface area contributed by atoms with Gasteiger partial charge in [-0.25, -0.2) is 9.48 Å². The quantitative estimate of drug-likeness (QED) is 0.896. The number of ether oxygens (including phenoxy) is 1. The molecule has 100 valence electrons. The number of benzene rings is 1. The van der Waals surface area contributed by atoms with Gasteiger partial charge in [-0.3, -0.25) is 0 Å². The van der Waals surface area contributed by atoms with Gasteiger partial charge < -0.3 is 14.7 Å². The topological polar surface area (TPSA) is 80.5 Å². The fourth-order valence-electron chi connectivity index (χ4n) is 1.53. The molecular weight excluding hydrogens is 248 g/mol. The summed E-state index contributed by atoms with van der Waals surface area (Å²) in [6.45, 7) is 0. The summed E-state index contributed by atoms with van der Waals surface area (Å²) < 4.78 is 6.85. The van der Waals surface area contributed by atoms with Crippen LogP contribution < -0.4 is 9.64 Å². The molecule has 1 heterocycles. The van der Waals surface area contributed by atoms with Gasteiger partial charge in [0.15, 0.2) is 0 Å². The lowest BCUT2D eigenvalue weighted by molar-refractivity contribution is 0.0687. The van der Waals surface area contributed by atoms with Crippen molar-refractivity contribution in [2.45, 2.75) is 0 Å². The van der Waals surface area contributed by atoms with Crippen LogP contribution in [0.15, 0.2) is 24.3 Å². The molecule has 0 aliphatic rings. The molecule has 2 rings (SSSR count). The average Bonchev–Trinajstić information content (AvgIpc) is 2.71. The number of hydrogen-bond donors (Lipinski definition) is 1. The minimum absolute atomic E-state index is 0.100. The number of hydrogen-bond acceptors (Lipinski definition) is 5. The molecule has 7 heteroatoms. The number of rotatable bonds is 4. The molecule has 0 saturated heterocycles. The molecule has 1 aromatic carbocycles. The zero-order chi connectivity index (χ0) is 14.0. The number of aryl methyl sites for hydroxylation is 1. The summed E-state index contributed by atoms with van der Waals surface area (Å²) in [6.07, 6.45) is 0. The molecule has 0 aliphatic heterocycles. The third kappa shape index (κ3) is 2.65. The summed E-state index contributed by atoms with van der Waals surface area (Å²) in [6, 6.07) is 7.30. The molecule has 0 bridgehead atoms. The van der Waals surface area contributed by atoms with E-state index in [2.05, 4.69) is 10.3 Å². The minimum atomic E-state index is -1.17. The van der Waals surface area contributed by atoms with Crippen molar-refractivity contribution in [1.82, 2.24) is 15.0 Å². The second-order valence-corrected chi connectivity index (χ2v) is 4.17. The van der Waals surface area contributed by atoms with Crippen molar-refractivity contribution in [1.29, 1.82) is 0 Å². The number of carboxylic acid groups (broad SMARTS) is 1. The Morgan fingerprint density at radius 3 is 2.79 bits per heavy atom. The van der Waals surface area contributed by atoms with Crippen molar-refractivity contribution in [3.8, 4) is 11.6 Å². The first-order valence-electron chi connectivity index (χ1n) is 5.57. The molecule has 0 unspecified atom stereocenters. The Morgan fingerprint density at radius 2 is 2.16 bits per heavy atom. The molecule has 1 aromatic heterocycles. The van der Waals surface area contributed by atoms with Crippen LogP contribution in [0.25, 0.3) is 0 Å². The first-order valence-corrected chi connectivity index (χ1v) is 5.57. The smallest absolute Gasteiger partial charge is 0.362 e. The van der Waals surface area contributed by atoms with Gasteiger partial charge in [-0.2, -0.15) is 0 Å². The Labute approximate surface area is 110 Å². The summed E-state index contributed by atoms with van der Waals surface area (Å²) in [5, 5.41) is 16.2. The first kappa shape index (κ1) is 12.9. The Balaban J connectivity index is 2.33. The van der Waals surface area contributed by atoms with E-state index in [0.29, 0.717) is 5.75 Å². The zero-order valence-corrected chi connectivity index (χ0v) is 10.9. The van der Waals surface area contributed by atoms with E-state index in [1.54, 1.807) is 19.2 Å². The van der Waals surface area contributed by atoms with Crippen molar-refractivity contribution in [2.75, 3.05) is 19.0 Å². The second kappa shape index (κ2) is 4.97. The van der Waals surface area contributed by atoms with Crippen LogP contribution in [0, 0.1) is 0 Å². The van der Waals surface area contributed by atoms with E-state index in [-0.39, 0.29) is 11.6 Å². The molecule has 0 spiro atoms. The largest absolute Gasteiger partial charge is 0.476 e. The molecule has 19 heavy (non-hydrogen) atoms. The molecule has 0 amide bonds. The number of nitrogens with zero attached hydrogens (tertiary/aromatic N) is 4. The van der Waals surface area contributed by atoms with E-state index in [1.165, 1.54) is 4.68 Å². The summed E-state index contributed by atoms with van der Waals surface area (Å²) in [5.74, 6) is -0.547. The number of aromatic nitrogens is 3. The Morgan fingerprint density at radius 1 is 1.42 bits per heavy atom. The van der Waals surface area contributed by atoms with Gasteiger partial charge in [0, 0.05) is 32.9 Å². The van der Waals surface area contributed by atoms with Gasteiger partial charge in [-0.15, -0.1) is 5.10 Å². The number of carboxylic acids is 1. The summed E-state index contributed by atoms with van der Waals surface area (Å²) in [4.78, 5) is 12.9. The normalized spacial score (nSPS) is 10.3. The van der Waals surface area contributed by atoms with Crippen LogP contribution in [0.5, 0.6) is 11.6 Å². The average molecular weight is 262 g/mol. The van der Waals surface area contributed by atoms with Crippen LogP contribution in [0.4, 0.5) is 5.69 Å². The standard InChI is InChI=1S/C12H14N4O3/c1-15(2)8-5-4-6-9(7-8)19-11-10(12(17)18)13-14-16(11)3/h4-7H,1-3H3,(H,17,18). The molecule has 0 fully saturated rings. The highest BCUT2D eigenvalue weighted by Gasteiger charge is 2.19. The maximum Gasteiger partial charge on any atom is 0.362 e. The van der Waals surface area contributed by atoms with Crippen LogP contribution in [0.2, 0.25) is 0 Å². The van der Waals surface area contributed by atoms with Crippen LogP contribution in [-0.2, 0) is 7.05 Å². The third-order valence-corrected chi connectivity index (χ3v) is 2.53. The van der Waals surface area contributed by atoms with E-state index < -0.39 is 5.97 Å². The van der Waals surface area contributed by atoms with Crippen molar-refractivity contribution >= 4 is 11.7 Å². The summed E-state index contributed by atoms with van der Waals surface area (Å²) in [7, 11) is 5.39. The molecule has 0 saturated carbocycles. The lowest BCUT2D eigenvalue weighted by Gasteiger charge is -2.13. The molecule has 0 aliphatic carbocycles. The summed E-state index contributed by atoms with van der Waals surface area (Å²) >= 11 is 0. The van der Waals surface area contributed by atoms with Crippen molar-refractivity contribution in [3.63, 3.8) is 0 Å². The third-order valence-electron chi connectivity index (χ3n) is 2.53. The molecule has 2 aromatic rings. The highest BCUT2D eigenvalue weighted by molar-refractivity contribution is 5.87. The van der Waals surface area contributed by atoms with Crippen molar-refractivity contribution in [3.05, 3.63) is 30.0 Å². The van der Waals surface area contributed by atoms with E-state index in [4.69, 9.17) is 9.84 Å². The van der Waals surface area contributed by atoms with Gasteiger partial charge in [0.05, 0.1) is 0 Å². The fraction of sp³-hybridized carbons (Fsp3) is 0.250. The molecule has 1 N–H and O–H groups in total. The van der Waals surface area contributed by atoms with Crippen molar-refractivity contribution in [2.24, 2.45) is 7.05 Å². The van der Waals surface area contributed by atoms with Gasteiger partial charge >= 0.3 is 5.97 Å². The Hall–Kier alpha value is -2.57. The first-order chi connectivity index (χ1) is 8.99. The van der Waals surface area contributed by atoms with Crippen LogP contribution in [-0.4, -0.2) is 40.2 Å².